The van der Waals surface area contributed by atoms with E-state index < -0.39 is 11.9 Å². The van der Waals surface area contributed by atoms with Crippen molar-refractivity contribution < 1.29 is 28.5 Å². The van der Waals surface area contributed by atoms with Gasteiger partial charge in [0.1, 0.15) is 5.75 Å². The van der Waals surface area contributed by atoms with Gasteiger partial charge in [0.15, 0.2) is 18.1 Å². The molecule has 1 amide bonds. The Balaban J connectivity index is 1.98. The zero-order valence-corrected chi connectivity index (χ0v) is 17.2. The van der Waals surface area contributed by atoms with Crippen LogP contribution >= 0.6 is 0 Å². The van der Waals surface area contributed by atoms with Gasteiger partial charge in [-0.15, -0.1) is 0 Å². The van der Waals surface area contributed by atoms with Crippen LogP contribution in [0.4, 0.5) is 5.69 Å². The van der Waals surface area contributed by atoms with Crippen molar-refractivity contribution in [1.82, 2.24) is 0 Å². The summed E-state index contributed by atoms with van der Waals surface area (Å²) in [6.45, 7) is 3.49. The average Bonchev–Trinajstić information content (AvgIpc) is 2.69. The molecule has 0 saturated heterocycles. The molecule has 0 aliphatic carbocycles. The van der Waals surface area contributed by atoms with Gasteiger partial charge >= 0.3 is 5.97 Å². The van der Waals surface area contributed by atoms with E-state index in [1.165, 1.54) is 33.5 Å². The van der Waals surface area contributed by atoms with E-state index in [4.69, 9.17) is 18.9 Å². The lowest BCUT2D eigenvalue weighted by atomic mass is 10.1. The number of hydrogen-bond acceptors (Lipinski definition) is 6. The number of nitrogens with one attached hydrogen (secondary N) is 1. The molecule has 0 spiro atoms. The summed E-state index contributed by atoms with van der Waals surface area (Å²) in [6, 6.07) is 9.02. The largest absolute Gasteiger partial charge is 0.496 e. The molecule has 2 aromatic carbocycles. The van der Waals surface area contributed by atoms with Gasteiger partial charge in [0.25, 0.3) is 5.91 Å². The van der Waals surface area contributed by atoms with Gasteiger partial charge in [-0.05, 0) is 49.2 Å². The molecular weight excluding hydrogens is 374 g/mol. The predicted molar refractivity (Wildman–Crippen MR) is 111 cm³/mol. The smallest absolute Gasteiger partial charge is 0.331 e. The molecule has 29 heavy (non-hydrogen) atoms. The van der Waals surface area contributed by atoms with Crippen LogP contribution < -0.4 is 19.5 Å². The maximum absolute atomic E-state index is 12.0. The van der Waals surface area contributed by atoms with E-state index >= 15 is 0 Å². The third kappa shape index (κ3) is 6.27. The molecule has 2 rings (SSSR count). The fourth-order valence-electron chi connectivity index (χ4n) is 2.77. The Hall–Kier alpha value is -3.48. The van der Waals surface area contributed by atoms with Gasteiger partial charge in [-0.2, -0.15) is 0 Å². The number of hydrogen-bond donors (Lipinski definition) is 1. The van der Waals surface area contributed by atoms with Crippen LogP contribution in [0.2, 0.25) is 0 Å². The monoisotopic (exact) mass is 399 g/mol. The molecular formula is C22H25NO6. The molecule has 0 saturated carbocycles. The quantitative estimate of drug-likeness (QED) is 0.540. The highest BCUT2D eigenvalue weighted by Crippen LogP contribution is 2.35. The Morgan fingerprint density at radius 1 is 0.862 bits per heavy atom. The van der Waals surface area contributed by atoms with Crippen LogP contribution in [-0.4, -0.2) is 39.8 Å². The maximum atomic E-state index is 12.0. The first-order valence-electron chi connectivity index (χ1n) is 8.89. The molecule has 0 radical (unpaired) electrons. The first-order chi connectivity index (χ1) is 13.9. The summed E-state index contributed by atoms with van der Waals surface area (Å²) in [6.07, 6.45) is 2.73. The minimum atomic E-state index is -0.655. The predicted octanol–water partition coefficient (Wildman–Crippen LogP) is 3.52. The van der Waals surface area contributed by atoms with Crippen molar-refractivity contribution in [2.45, 2.75) is 13.8 Å². The van der Waals surface area contributed by atoms with Gasteiger partial charge in [-0.3, -0.25) is 4.79 Å². The van der Waals surface area contributed by atoms with E-state index in [0.29, 0.717) is 28.5 Å². The van der Waals surface area contributed by atoms with Crippen LogP contribution in [0.1, 0.15) is 16.7 Å². The lowest BCUT2D eigenvalue weighted by molar-refractivity contribution is -0.142. The van der Waals surface area contributed by atoms with Gasteiger partial charge in [-0.25, -0.2) is 4.79 Å². The van der Waals surface area contributed by atoms with Crippen LogP contribution in [0.25, 0.3) is 6.08 Å². The summed E-state index contributed by atoms with van der Waals surface area (Å²) < 4.78 is 20.8. The number of ether oxygens (including phenoxy) is 4. The number of carbonyl (C=O) groups is 2. The maximum Gasteiger partial charge on any atom is 0.331 e. The minimum Gasteiger partial charge on any atom is -0.496 e. The Bertz CT molecular complexity index is 900. The minimum absolute atomic E-state index is 0.390. The first kappa shape index (κ1) is 21.8. The first-order valence-corrected chi connectivity index (χ1v) is 8.89. The molecule has 0 heterocycles. The molecule has 2 aromatic rings. The summed E-state index contributed by atoms with van der Waals surface area (Å²) in [5, 5.41) is 2.71. The molecule has 154 valence electrons. The number of esters is 1. The van der Waals surface area contributed by atoms with E-state index in [9.17, 15) is 9.59 Å². The van der Waals surface area contributed by atoms with Crippen LogP contribution in [0.3, 0.4) is 0 Å². The van der Waals surface area contributed by atoms with E-state index in [0.717, 1.165) is 11.1 Å². The van der Waals surface area contributed by atoms with Crippen LogP contribution in [-0.2, 0) is 14.3 Å². The summed E-state index contributed by atoms with van der Waals surface area (Å²) in [5.74, 6) is 0.429. The molecule has 0 atom stereocenters. The summed E-state index contributed by atoms with van der Waals surface area (Å²) in [7, 11) is 4.54. The Kier molecular flexibility index (Phi) is 7.65. The van der Waals surface area contributed by atoms with Gasteiger partial charge in [-0.1, -0.05) is 6.07 Å². The lowest BCUT2D eigenvalue weighted by Crippen LogP contribution is -2.20. The van der Waals surface area contributed by atoms with Crippen LogP contribution in [0, 0.1) is 13.8 Å². The van der Waals surface area contributed by atoms with Gasteiger partial charge in [0, 0.05) is 23.4 Å². The van der Waals surface area contributed by atoms with Crippen molar-refractivity contribution in [2.75, 3.05) is 33.3 Å². The average molecular weight is 399 g/mol. The van der Waals surface area contributed by atoms with Crippen molar-refractivity contribution >= 4 is 23.6 Å². The number of rotatable bonds is 8. The fraction of sp³-hybridized carbons (Fsp3) is 0.273. The topological polar surface area (TPSA) is 83.1 Å². The van der Waals surface area contributed by atoms with E-state index in [2.05, 4.69) is 5.32 Å². The molecule has 0 aliphatic rings. The molecule has 1 N–H and O–H groups in total. The molecule has 0 unspecified atom stereocenters. The van der Waals surface area contributed by atoms with Crippen LogP contribution in [0.5, 0.6) is 17.2 Å². The lowest BCUT2D eigenvalue weighted by Gasteiger charge is -2.12. The van der Waals surface area contributed by atoms with Crippen molar-refractivity contribution in [1.29, 1.82) is 0 Å². The van der Waals surface area contributed by atoms with Crippen LogP contribution in [0.15, 0.2) is 36.4 Å². The van der Waals surface area contributed by atoms with E-state index in [1.807, 2.05) is 32.0 Å². The number of amides is 1. The number of methoxy groups -OCH3 is 3. The highest BCUT2D eigenvalue weighted by molar-refractivity contribution is 5.95. The Morgan fingerprint density at radius 2 is 1.45 bits per heavy atom. The number of aryl methyl sites for hydroxylation is 2. The SMILES string of the molecule is COc1cc(OC)c(OC)cc1/C=C/C(=O)OCC(=O)Nc1cc(C)cc(C)c1. The van der Waals surface area contributed by atoms with Gasteiger partial charge < -0.3 is 24.3 Å². The van der Waals surface area contributed by atoms with Crippen molar-refractivity contribution in [2.24, 2.45) is 0 Å². The van der Waals surface area contributed by atoms with Crippen molar-refractivity contribution in [3.8, 4) is 17.2 Å². The molecule has 7 nitrogen and oxygen atoms in total. The molecule has 7 heteroatoms. The Labute approximate surface area is 170 Å². The molecule has 0 aromatic heterocycles. The fourth-order valence-corrected chi connectivity index (χ4v) is 2.77. The third-order valence-corrected chi connectivity index (χ3v) is 3.99. The van der Waals surface area contributed by atoms with E-state index in [1.54, 1.807) is 12.1 Å². The molecule has 0 aliphatic heterocycles. The zero-order chi connectivity index (χ0) is 21.4. The van der Waals surface area contributed by atoms with Gasteiger partial charge in [0.05, 0.1) is 21.3 Å². The summed E-state index contributed by atoms with van der Waals surface area (Å²) in [5.41, 5.74) is 3.32. The standard InChI is InChI=1S/C22H25NO6/c1-14-8-15(2)10-17(9-14)23-21(24)13-29-22(25)7-6-16-11-19(27-4)20(28-5)12-18(16)26-3/h6-12H,13H2,1-5H3,(H,23,24)/b7-6+. The summed E-state index contributed by atoms with van der Waals surface area (Å²) in [4.78, 5) is 24.0. The second kappa shape index (κ2) is 10.2. The number of carbonyl (C=O) groups excluding carboxylic acids is 2. The number of benzene rings is 2. The highest BCUT2D eigenvalue weighted by Gasteiger charge is 2.11. The van der Waals surface area contributed by atoms with Crippen molar-refractivity contribution in [3.05, 3.63) is 53.1 Å². The molecule has 0 fully saturated rings. The zero-order valence-electron chi connectivity index (χ0n) is 17.2. The van der Waals surface area contributed by atoms with E-state index in [-0.39, 0.29) is 6.61 Å². The number of anilines is 1. The van der Waals surface area contributed by atoms with Gasteiger partial charge in [0.2, 0.25) is 0 Å². The molecule has 0 bridgehead atoms. The third-order valence-electron chi connectivity index (χ3n) is 3.99. The van der Waals surface area contributed by atoms with Crippen molar-refractivity contribution in [3.63, 3.8) is 0 Å². The summed E-state index contributed by atoms with van der Waals surface area (Å²) >= 11 is 0. The highest BCUT2D eigenvalue weighted by atomic mass is 16.5. The normalized spacial score (nSPS) is 10.5. The second-order valence-electron chi connectivity index (χ2n) is 6.31. The second-order valence-corrected chi connectivity index (χ2v) is 6.31. The Morgan fingerprint density at radius 3 is 2.03 bits per heavy atom.